The van der Waals surface area contributed by atoms with Crippen molar-refractivity contribution in [1.82, 2.24) is 10.2 Å². The standard InChI is InChI=1S/C19H32N2/c1-4-14-20-18(17-12-8-7-9-13-17)19(2,3)21-15-10-5-6-11-16-21/h7-9,12-13,18,20H,4-6,10-11,14-16H2,1-3H3. The maximum absolute atomic E-state index is 3.80. The second-order valence-electron chi connectivity index (χ2n) is 6.85. The molecule has 0 spiro atoms. The van der Waals surface area contributed by atoms with Crippen LogP contribution in [0.3, 0.4) is 0 Å². The molecular formula is C19H32N2. The van der Waals surface area contributed by atoms with Gasteiger partial charge in [0.2, 0.25) is 0 Å². The molecule has 1 N–H and O–H groups in total. The number of likely N-dealkylation sites (tertiary alicyclic amines) is 1. The van der Waals surface area contributed by atoms with Crippen LogP contribution in [0.5, 0.6) is 0 Å². The average molecular weight is 288 g/mol. The molecule has 0 aliphatic carbocycles. The summed E-state index contributed by atoms with van der Waals surface area (Å²) in [5, 5.41) is 3.80. The first-order valence-corrected chi connectivity index (χ1v) is 8.69. The fraction of sp³-hybridized carbons (Fsp3) is 0.684. The maximum atomic E-state index is 3.80. The third-order valence-corrected chi connectivity index (χ3v) is 4.86. The van der Waals surface area contributed by atoms with E-state index < -0.39 is 0 Å². The van der Waals surface area contributed by atoms with Crippen LogP contribution in [0.15, 0.2) is 30.3 Å². The van der Waals surface area contributed by atoms with Gasteiger partial charge in [-0.15, -0.1) is 0 Å². The minimum atomic E-state index is 0.154. The van der Waals surface area contributed by atoms with Crippen LogP contribution in [0.4, 0.5) is 0 Å². The highest BCUT2D eigenvalue weighted by molar-refractivity contribution is 5.22. The summed E-state index contributed by atoms with van der Waals surface area (Å²) in [6, 6.07) is 11.4. The van der Waals surface area contributed by atoms with Gasteiger partial charge < -0.3 is 5.32 Å². The molecular weight excluding hydrogens is 256 g/mol. The first kappa shape index (κ1) is 16.5. The van der Waals surface area contributed by atoms with E-state index in [0.717, 1.165) is 6.54 Å². The summed E-state index contributed by atoms with van der Waals surface area (Å²) in [5.74, 6) is 0. The van der Waals surface area contributed by atoms with Gasteiger partial charge in [-0.2, -0.15) is 0 Å². The molecule has 0 saturated carbocycles. The van der Waals surface area contributed by atoms with Crippen molar-refractivity contribution in [3.8, 4) is 0 Å². The predicted octanol–water partition coefficient (Wildman–Crippen LogP) is 4.38. The van der Waals surface area contributed by atoms with E-state index in [2.05, 4.69) is 61.3 Å². The number of nitrogens with one attached hydrogen (secondary N) is 1. The van der Waals surface area contributed by atoms with Crippen molar-refractivity contribution >= 4 is 0 Å². The van der Waals surface area contributed by atoms with E-state index in [1.807, 2.05) is 0 Å². The molecule has 2 nitrogen and oxygen atoms in total. The molecule has 1 aliphatic heterocycles. The fourth-order valence-electron chi connectivity index (χ4n) is 3.54. The molecule has 2 heteroatoms. The smallest absolute Gasteiger partial charge is 0.0501 e. The number of hydrogen-bond acceptors (Lipinski definition) is 2. The largest absolute Gasteiger partial charge is 0.308 e. The quantitative estimate of drug-likeness (QED) is 0.835. The van der Waals surface area contributed by atoms with Crippen molar-refractivity contribution in [3.05, 3.63) is 35.9 Å². The highest BCUT2D eigenvalue weighted by Crippen LogP contribution is 2.32. The lowest BCUT2D eigenvalue weighted by Crippen LogP contribution is -2.53. The summed E-state index contributed by atoms with van der Waals surface area (Å²) in [7, 11) is 0. The van der Waals surface area contributed by atoms with Gasteiger partial charge in [-0.3, -0.25) is 4.90 Å². The van der Waals surface area contributed by atoms with E-state index >= 15 is 0 Å². The lowest BCUT2D eigenvalue weighted by Gasteiger charge is -2.44. The Morgan fingerprint density at radius 2 is 1.67 bits per heavy atom. The lowest BCUT2D eigenvalue weighted by atomic mass is 9.86. The van der Waals surface area contributed by atoms with Gasteiger partial charge in [0.05, 0.1) is 6.04 Å². The molecule has 0 aromatic heterocycles. The molecule has 1 saturated heterocycles. The van der Waals surface area contributed by atoms with Crippen LogP contribution >= 0.6 is 0 Å². The molecule has 118 valence electrons. The van der Waals surface area contributed by atoms with Crippen LogP contribution < -0.4 is 5.32 Å². The number of nitrogens with zero attached hydrogens (tertiary/aromatic N) is 1. The molecule has 0 amide bonds. The van der Waals surface area contributed by atoms with E-state index in [0.29, 0.717) is 6.04 Å². The zero-order valence-electron chi connectivity index (χ0n) is 14.1. The first-order valence-electron chi connectivity index (χ1n) is 8.69. The van der Waals surface area contributed by atoms with Crippen molar-refractivity contribution in [2.75, 3.05) is 19.6 Å². The maximum Gasteiger partial charge on any atom is 0.0501 e. The number of hydrogen-bond donors (Lipinski definition) is 1. The second-order valence-corrected chi connectivity index (χ2v) is 6.85. The Morgan fingerprint density at radius 1 is 1.05 bits per heavy atom. The first-order chi connectivity index (χ1) is 10.2. The Hall–Kier alpha value is -0.860. The van der Waals surface area contributed by atoms with Gasteiger partial charge >= 0.3 is 0 Å². The molecule has 0 radical (unpaired) electrons. The van der Waals surface area contributed by atoms with Gasteiger partial charge in [-0.1, -0.05) is 50.1 Å². The third kappa shape index (κ3) is 4.31. The minimum Gasteiger partial charge on any atom is -0.308 e. The topological polar surface area (TPSA) is 15.3 Å². The van der Waals surface area contributed by atoms with Gasteiger partial charge in [0.25, 0.3) is 0 Å². The molecule has 1 heterocycles. The SMILES string of the molecule is CCCNC(c1ccccc1)C(C)(C)N1CCCCCC1. The van der Waals surface area contributed by atoms with E-state index in [1.165, 1.54) is 50.8 Å². The predicted molar refractivity (Wildman–Crippen MR) is 91.6 cm³/mol. The van der Waals surface area contributed by atoms with Crippen LogP contribution in [0.2, 0.25) is 0 Å². The minimum absolute atomic E-state index is 0.154. The molecule has 21 heavy (non-hydrogen) atoms. The molecule has 2 rings (SSSR count). The molecule has 1 atom stereocenters. The molecule has 1 aromatic rings. The Morgan fingerprint density at radius 3 is 2.24 bits per heavy atom. The average Bonchev–Trinajstić information content (AvgIpc) is 2.78. The van der Waals surface area contributed by atoms with Gasteiger partial charge in [0.15, 0.2) is 0 Å². The number of benzene rings is 1. The third-order valence-electron chi connectivity index (χ3n) is 4.86. The van der Waals surface area contributed by atoms with Gasteiger partial charge in [-0.05, 0) is 58.3 Å². The van der Waals surface area contributed by atoms with Gasteiger partial charge in [0, 0.05) is 5.54 Å². The van der Waals surface area contributed by atoms with Gasteiger partial charge in [0.1, 0.15) is 0 Å². The second kappa shape index (κ2) is 7.95. The van der Waals surface area contributed by atoms with Crippen LogP contribution in [0.1, 0.15) is 64.5 Å². The zero-order valence-corrected chi connectivity index (χ0v) is 14.1. The summed E-state index contributed by atoms with van der Waals surface area (Å²) < 4.78 is 0. The van der Waals surface area contributed by atoms with Crippen molar-refractivity contribution in [2.24, 2.45) is 0 Å². The van der Waals surface area contributed by atoms with E-state index in [9.17, 15) is 0 Å². The van der Waals surface area contributed by atoms with Crippen LogP contribution in [-0.4, -0.2) is 30.1 Å². The van der Waals surface area contributed by atoms with E-state index in [4.69, 9.17) is 0 Å². The van der Waals surface area contributed by atoms with Crippen LogP contribution in [0.25, 0.3) is 0 Å². The summed E-state index contributed by atoms with van der Waals surface area (Å²) in [6.45, 7) is 10.6. The molecule has 1 aliphatic rings. The summed E-state index contributed by atoms with van der Waals surface area (Å²) >= 11 is 0. The summed E-state index contributed by atoms with van der Waals surface area (Å²) in [4.78, 5) is 2.71. The van der Waals surface area contributed by atoms with Crippen molar-refractivity contribution in [1.29, 1.82) is 0 Å². The van der Waals surface area contributed by atoms with Crippen molar-refractivity contribution in [2.45, 2.75) is 64.5 Å². The van der Waals surface area contributed by atoms with Crippen LogP contribution in [0, 0.1) is 0 Å². The van der Waals surface area contributed by atoms with E-state index in [1.54, 1.807) is 0 Å². The monoisotopic (exact) mass is 288 g/mol. The Kier molecular flexibility index (Phi) is 6.25. The lowest BCUT2D eigenvalue weighted by molar-refractivity contribution is 0.0834. The number of rotatable bonds is 6. The van der Waals surface area contributed by atoms with Crippen LogP contribution in [-0.2, 0) is 0 Å². The fourth-order valence-corrected chi connectivity index (χ4v) is 3.54. The summed E-state index contributed by atoms with van der Waals surface area (Å²) in [5.41, 5.74) is 1.57. The van der Waals surface area contributed by atoms with Gasteiger partial charge in [-0.25, -0.2) is 0 Å². The molecule has 1 aromatic carbocycles. The highest BCUT2D eigenvalue weighted by atomic mass is 15.2. The normalized spacial score (nSPS) is 19.2. The molecule has 1 unspecified atom stereocenters. The summed E-state index contributed by atoms with van der Waals surface area (Å²) in [6.07, 6.45) is 6.66. The Bertz CT molecular complexity index is 391. The Balaban J connectivity index is 2.20. The molecule has 1 fully saturated rings. The highest BCUT2D eigenvalue weighted by Gasteiger charge is 2.36. The van der Waals surface area contributed by atoms with E-state index in [-0.39, 0.29) is 5.54 Å². The van der Waals surface area contributed by atoms with Crippen molar-refractivity contribution in [3.63, 3.8) is 0 Å². The molecule has 0 bridgehead atoms. The zero-order chi connectivity index (χ0) is 15.1. The Labute approximate surface area is 130 Å². The van der Waals surface area contributed by atoms with Crippen molar-refractivity contribution < 1.29 is 0 Å².